The van der Waals surface area contributed by atoms with Gasteiger partial charge in [0.25, 0.3) is 0 Å². The highest BCUT2D eigenvalue weighted by Crippen LogP contribution is 2.31. The number of rotatable bonds is 2. The summed E-state index contributed by atoms with van der Waals surface area (Å²) >= 11 is 1.57. The maximum atomic E-state index is 9.04. The molecule has 0 radical (unpaired) electrons. The molecule has 0 fully saturated rings. The van der Waals surface area contributed by atoms with Crippen LogP contribution in [0.4, 0.5) is 0 Å². The highest BCUT2D eigenvalue weighted by Gasteiger charge is 2.10. The Balaban J connectivity index is 2.54. The molecule has 0 bridgehead atoms. The van der Waals surface area contributed by atoms with Crippen LogP contribution in [0.15, 0.2) is 24.3 Å². The minimum absolute atomic E-state index is 0.0252. The first-order valence-electron chi connectivity index (χ1n) is 4.85. The highest BCUT2D eigenvalue weighted by atomic mass is 32.1. The molecule has 15 heavy (non-hydrogen) atoms. The van der Waals surface area contributed by atoms with Crippen molar-refractivity contribution in [3.8, 4) is 10.4 Å². The number of nitrogens with zero attached hydrogens (tertiary/aromatic N) is 1. The van der Waals surface area contributed by atoms with E-state index in [9.17, 15) is 0 Å². The highest BCUT2D eigenvalue weighted by molar-refractivity contribution is 7.15. The summed E-state index contributed by atoms with van der Waals surface area (Å²) in [4.78, 5) is 5.48. The van der Waals surface area contributed by atoms with Gasteiger partial charge in [-0.1, -0.05) is 24.3 Å². The second-order valence-corrected chi connectivity index (χ2v) is 4.58. The van der Waals surface area contributed by atoms with Crippen molar-refractivity contribution >= 4 is 11.3 Å². The molecule has 0 aliphatic carbocycles. The van der Waals surface area contributed by atoms with Crippen LogP contribution in [0.3, 0.4) is 0 Å². The van der Waals surface area contributed by atoms with Gasteiger partial charge in [-0.25, -0.2) is 4.98 Å². The summed E-state index contributed by atoms with van der Waals surface area (Å²) in [6.07, 6.45) is 0. The molecule has 2 rings (SSSR count). The second kappa shape index (κ2) is 4.13. The standard InChI is InChI=1S/C12H13NOS/c1-8-5-3-4-6-10(8)12-9(2)13-11(7-14)15-12/h3-6,14H,7H2,1-2H3. The summed E-state index contributed by atoms with van der Waals surface area (Å²) < 4.78 is 0. The zero-order chi connectivity index (χ0) is 10.8. The van der Waals surface area contributed by atoms with Crippen molar-refractivity contribution in [3.63, 3.8) is 0 Å². The Morgan fingerprint density at radius 2 is 2.00 bits per heavy atom. The third kappa shape index (κ3) is 1.94. The first-order valence-corrected chi connectivity index (χ1v) is 5.67. The Morgan fingerprint density at radius 1 is 1.27 bits per heavy atom. The van der Waals surface area contributed by atoms with Crippen molar-refractivity contribution in [2.45, 2.75) is 20.5 Å². The predicted octanol–water partition coefficient (Wildman–Crippen LogP) is 2.92. The van der Waals surface area contributed by atoms with Gasteiger partial charge in [0.15, 0.2) is 0 Å². The lowest BCUT2D eigenvalue weighted by atomic mass is 10.1. The fourth-order valence-electron chi connectivity index (χ4n) is 1.60. The molecule has 0 spiro atoms. The quantitative estimate of drug-likeness (QED) is 0.842. The normalized spacial score (nSPS) is 10.6. The molecule has 0 amide bonds. The molecule has 0 atom stereocenters. The van der Waals surface area contributed by atoms with Crippen molar-refractivity contribution in [1.82, 2.24) is 4.98 Å². The van der Waals surface area contributed by atoms with Crippen LogP contribution >= 0.6 is 11.3 Å². The van der Waals surface area contributed by atoms with Crippen LogP contribution < -0.4 is 0 Å². The van der Waals surface area contributed by atoms with Gasteiger partial charge >= 0.3 is 0 Å². The molecule has 1 aromatic carbocycles. The van der Waals surface area contributed by atoms with Crippen LogP contribution in [0.5, 0.6) is 0 Å². The fraction of sp³-hybridized carbons (Fsp3) is 0.250. The number of aliphatic hydroxyl groups excluding tert-OH is 1. The summed E-state index contributed by atoms with van der Waals surface area (Å²) in [5.41, 5.74) is 3.46. The van der Waals surface area contributed by atoms with E-state index in [4.69, 9.17) is 5.11 Å². The molecule has 2 nitrogen and oxygen atoms in total. The number of hydrogen-bond acceptors (Lipinski definition) is 3. The van der Waals surface area contributed by atoms with Crippen LogP contribution in [-0.4, -0.2) is 10.1 Å². The number of thiazole rings is 1. The molecule has 1 N–H and O–H groups in total. The molecule has 0 saturated carbocycles. The summed E-state index contributed by atoms with van der Waals surface area (Å²) in [6.45, 7) is 4.10. The van der Waals surface area contributed by atoms with Gasteiger partial charge in [0.05, 0.1) is 17.2 Å². The fourth-order valence-corrected chi connectivity index (χ4v) is 2.61. The first-order chi connectivity index (χ1) is 7.22. The van der Waals surface area contributed by atoms with E-state index in [1.807, 2.05) is 19.1 Å². The molecule has 0 unspecified atom stereocenters. The lowest BCUT2D eigenvalue weighted by Gasteiger charge is -2.02. The predicted molar refractivity (Wildman–Crippen MR) is 62.9 cm³/mol. The maximum Gasteiger partial charge on any atom is 0.119 e. The van der Waals surface area contributed by atoms with Gasteiger partial charge in [0.1, 0.15) is 5.01 Å². The van der Waals surface area contributed by atoms with E-state index in [0.717, 1.165) is 15.6 Å². The average Bonchev–Trinajstić information content (AvgIpc) is 2.60. The number of benzene rings is 1. The van der Waals surface area contributed by atoms with E-state index in [0.29, 0.717) is 0 Å². The zero-order valence-electron chi connectivity index (χ0n) is 8.82. The largest absolute Gasteiger partial charge is 0.389 e. The molecular weight excluding hydrogens is 206 g/mol. The maximum absolute atomic E-state index is 9.04. The summed E-state index contributed by atoms with van der Waals surface area (Å²) in [7, 11) is 0. The van der Waals surface area contributed by atoms with Crippen LogP contribution in [0.1, 0.15) is 16.3 Å². The SMILES string of the molecule is Cc1ccccc1-c1sc(CO)nc1C. The molecule has 78 valence electrons. The topological polar surface area (TPSA) is 33.1 Å². The monoisotopic (exact) mass is 219 g/mol. The third-order valence-electron chi connectivity index (χ3n) is 2.37. The molecule has 1 heterocycles. The van der Waals surface area contributed by atoms with Gasteiger partial charge < -0.3 is 5.11 Å². The minimum Gasteiger partial charge on any atom is -0.389 e. The van der Waals surface area contributed by atoms with Gasteiger partial charge in [-0.3, -0.25) is 0 Å². The van der Waals surface area contributed by atoms with Crippen LogP contribution in [0.2, 0.25) is 0 Å². The number of aliphatic hydroxyl groups is 1. The molecular formula is C12H13NOS. The number of hydrogen-bond donors (Lipinski definition) is 1. The summed E-state index contributed by atoms with van der Waals surface area (Å²) in [6, 6.07) is 8.24. The van der Waals surface area contributed by atoms with Crippen LogP contribution in [-0.2, 0) is 6.61 Å². The van der Waals surface area contributed by atoms with Gasteiger partial charge in [0, 0.05) is 0 Å². The van der Waals surface area contributed by atoms with Crippen molar-refractivity contribution < 1.29 is 5.11 Å². The van der Waals surface area contributed by atoms with E-state index in [1.54, 1.807) is 11.3 Å². The molecule has 3 heteroatoms. The smallest absolute Gasteiger partial charge is 0.119 e. The Hall–Kier alpha value is -1.19. The summed E-state index contributed by atoms with van der Waals surface area (Å²) in [5, 5.41) is 9.82. The average molecular weight is 219 g/mol. The Morgan fingerprint density at radius 3 is 2.60 bits per heavy atom. The molecule has 2 aromatic rings. The van der Waals surface area contributed by atoms with Gasteiger partial charge in [-0.15, -0.1) is 11.3 Å². The number of aryl methyl sites for hydroxylation is 2. The lowest BCUT2D eigenvalue weighted by Crippen LogP contribution is -1.82. The Bertz CT molecular complexity index is 476. The molecule has 1 aromatic heterocycles. The Labute approximate surface area is 93.2 Å². The zero-order valence-corrected chi connectivity index (χ0v) is 9.64. The minimum atomic E-state index is 0.0252. The van der Waals surface area contributed by atoms with Crippen molar-refractivity contribution in [2.24, 2.45) is 0 Å². The van der Waals surface area contributed by atoms with Crippen molar-refractivity contribution in [2.75, 3.05) is 0 Å². The van der Waals surface area contributed by atoms with Crippen molar-refractivity contribution in [1.29, 1.82) is 0 Å². The molecule has 0 aliphatic rings. The molecule has 0 aliphatic heterocycles. The third-order valence-corrected chi connectivity index (χ3v) is 3.54. The van der Waals surface area contributed by atoms with E-state index in [2.05, 4.69) is 24.0 Å². The van der Waals surface area contributed by atoms with Gasteiger partial charge in [-0.05, 0) is 25.0 Å². The van der Waals surface area contributed by atoms with E-state index < -0.39 is 0 Å². The van der Waals surface area contributed by atoms with Crippen LogP contribution in [0, 0.1) is 13.8 Å². The van der Waals surface area contributed by atoms with E-state index in [1.165, 1.54) is 11.1 Å². The number of aromatic nitrogens is 1. The first kappa shape index (κ1) is 10.3. The van der Waals surface area contributed by atoms with E-state index in [-0.39, 0.29) is 6.61 Å². The van der Waals surface area contributed by atoms with Gasteiger partial charge in [-0.2, -0.15) is 0 Å². The second-order valence-electron chi connectivity index (χ2n) is 3.50. The summed E-state index contributed by atoms with van der Waals surface area (Å²) in [5.74, 6) is 0. The van der Waals surface area contributed by atoms with Crippen molar-refractivity contribution in [3.05, 3.63) is 40.5 Å². The lowest BCUT2D eigenvalue weighted by molar-refractivity contribution is 0.281. The molecule has 0 saturated heterocycles. The van der Waals surface area contributed by atoms with E-state index >= 15 is 0 Å². The Kier molecular flexibility index (Phi) is 2.84. The van der Waals surface area contributed by atoms with Gasteiger partial charge in [0.2, 0.25) is 0 Å². The van der Waals surface area contributed by atoms with Crippen LogP contribution in [0.25, 0.3) is 10.4 Å².